The number of aromatic hydroxyl groups is 2. The van der Waals surface area contributed by atoms with Crippen molar-refractivity contribution >= 4 is 11.6 Å². The van der Waals surface area contributed by atoms with E-state index in [1.807, 2.05) is 0 Å². The average Bonchev–Trinajstić information content (AvgIpc) is 2.65. The topological polar surface area (TPSA) is 93.1 Å². The monoisotopic (exact) mass is 386 g/mol. The third-order valence-corrected chi connectivity index (χ3v) is 4.68. The number of phenols is 2. The van der Waals surface area contributed by atoms with Gasteiger partial charge in [0.2, 0.25) is 0 Å². The number of methoxy groups -OCH3 is 2. The predicted octanol–water partition coefficient (Wildman–Crippen LogP) is 4.36. The summed E-state index contributed by atoms with van der Waals surface area (Å²) < 4.78 is 10.4. The Morgan fingerprint density at radius 3 is 1.43 bits per heavy atom. The normalized spacial score (nSPS) is 10.6. The van der Waals surface area contributed by atoms with Gasteiger partial charge >= 0.3 is 0 Å². The minimum Gasteiger partial charge on any atom is -0.507 e. The van der Waals surface area contributed by atoms with Crippen molar-refractivity contribution in [2.45, 2.75) is 39.5 Å². The molecule has 28 heavy (non-hydrogen) atoms. The largest absolute Gasteiger partial charge is 0.507 e. The van der Waals surface area contributed by atoms with Gasteiger partial charge in [0.05, 0.1) is 25.3 Å². The van der Waals surface area contributed by atoms with Crippen LogP contribution in [0.4, 0.5) is 0 Å². The van der Waals surface area contributed by atoms with Gasteiger partial charge in [0.1, 0.15) is 23.0 Å². The van der Waals surface area contributed by atoms with Gasteiger partial charge < -0.3 is 19.7 Å². The summed E-state index contributed by atoms with van der Waals surface area (Å²) in [6, 6.07) is 6.08. The highest BCUT2D eigenvalue weighted by Gasteiger charge is 2.16. The van der Waals surface area contributed by atoms with Gasteiger partial charge in [-0.2, -0.15) is 0 Å². The molecule has 2 rings (SSSR count). The molecule has 0 aromatic heterocycles. The molecule has 0 radical (unpaired) electrons. The van der Waals surface area contributed by atoms with E-state index in [4.69, 9.17) is 9.47 Å². The lowest BCUT2D eigenvalue weighted by Crippen LogP contribution is -2.04. The molecule has 2 aromatic rings. The number of ether oxygens (including phenoxy) is 2. The van der Waals surface area contributed by atoms with E-state index in [1.54, 1.807) is 13.8 Å². The van der Waals surface area contributed by atoms with E-state index in [0.717, 1.165) is 11.1 Å². The summed E-state index contributed by atoms with van der Waals surface area (Å²) in [5.74, 6) is 0.526. The first-order valence-electron chi connectivity index (χ1n) is 9.10. The van der Waals surface area contributed by atoms with Gasteiger partial charge in [-0.1, -0.05) is 0 Å². The SMILES string of the molecule is COc1cc(C(=O)CCCCC(=O)c2cc(OC)c(C)cc2O)c(O)cc1C. The molecular formula is C22H26O6. The number of ketones is 2. The summed E-state index contributed by atoms with van der Waals surface area (Å²) in [5.41, 5.74) is 1.93. The van der Waals surface area contributed by atoms with Crippen LogP contribution in [0.3, 0.4) is 0 Å². The Hall–Kier alpha value is -3.02. The summed E-state index contributed by atoms with van der Waals surface area (Å²) in [4.78, 5) is 24.8. The van der Waals surface area contributed by atoms with Gasteiger partial charge in [-0.25, -0.2) is 0 Å². The molecule has 0 atom stereocenters. The molecule has 0 amide bonds. The maximum atomic E-state index is 12.4. The van der Waals surface area contributed by atoms with E-state index >= 15 is 0 Å². The maximum Gasteiger partial charge on any atom is 0.166 e. The van der Waals surface area contributed by atoms with Crippen LogP contribution < -0.4 is 9.47 Å². The van der Waals surface area contributed by atoms with E-state index in [1.165, 1.54) is 38.5 Å². The van der Waals surface area contributed by atoms with E-state index in [-0.39, 0.29) is 47.0 Å². The summed E-state index contributed by atoms with van der Waals surface area (Å²) in [6.45, 7) is 3.57. The molecule has 0 aliphatic carbocycles. The maximum absolute atomic E-state index is 12.4. The Morgan fingerprint density at radius 2 is 1.11 bits per heavy atom. The number of Topliss-reactive ketones (excluding diaryl/α,β-unsaturated/α-hetero) is 2. The fourth-order valence-corrected chi connectivity index (χ4v) is 3.07. The lowest BCUT2D eigenvalue weighted by Gasteiger charge is -2.10. The van der Waals surface area contributed by atoms with Gasteiger partial charge in [-0.15, -0.1) is 0 Å². The molecular weight excluding hydrogens is 360 g/mol. The van der Waals surface area contributed by atoms with Crippen LogP contribution in [0, 0.1) is 13.8 Å². The third-order valence-electron chi connectivity index (χ3n) is 4.68. The van der Waals surface area contributed by atoms with E-state index in [9.17, 15) is 19.8 Å². The summed E-state index contributed by atoms with van der Waals surface area (Å²) >= 11 is 0. The highest BCUT2D eigenvalue weighted by molar-refractivity contribution is 6.00. The molecule has 0 fully saturated rings. The molecule has 0 spiro atoms. The molecule has 2 N–H and O–H groups in total. The highest BCUT2D eigenvalue weighted by atomic mass is 16.5. The first-order valence-corrected chi connectivity index (χ1v) is 9.10. The van der Waals surface area contributed by atoms with E-state index in [2.05, 4.69) is 0 Å². The quantitative estimate of drug-likeness (QED) is 0.491. The number of benzene rings is 2. The number of rotatable bonds is 9. The second kappa shape index (κ2) is 9.26. The molecule has 6 nitrogen and oxygen atoms in total. The second-order valence-electron chi connectivity index (χ2n) is 6.73. The van der Waals surface area contributed by atoms with Crippen molar-refractivity contribution in [3.63, 3.8) is 0 Å². The number of hydrogen-bond donors (Lipinski definition) is 2. The number of phenolic OH excluding ortho intramolecular Hbond substituents is 2. The van der Waals surface area contributed by atoms with Gasteiger partial charge in [-0.3, -0.25) is 9.59 Å². The lowest BCUT2D eigenvalue weighted by atomic mass is 9.99. The van der Waals surface area contributed by atoms with Gasteiger partial charge in [0.15, 0.2) is 11.6 Å². The number of aryl methyl sites for hydroxylation is 2. The third kappa shape index (κ3) is 4.82. The molecule has 0 heterocycles. The molecule has 0 bridgehead atoms. The van der Waals surface area contributed by atoms with Crippen LogP contribution in [0.2, 0.25) is 0 Å². The molecule has 150 valence electrons. The Balaban J connectivity index is 1.94. The molecule has 0 aliphatic heterocycles. The number of carbonyl (C=O) groups excluding carboxylic acids is 2. The molecule has 0 unspecified atom stereocenters. The van der Waals surface area contributed by atoms with E-state index in [0.29, 0.717) is 24.3 Å². The Bertz CT molecular complexity index is 812. The Morgan fingerprint density at radius 1 is 0.750 bits per heavy atom. The predicted molar refractivity (Wildman–Crippen MR) is 106 cm³/mol. The number of carbonyl (C=O) groups is 2. The lowest BCUT2D eigenvalue weighted by molar-refractivity contribution is 0.0951. The van der Waals surface area contributed by atoms with Crippen LogP contribution in [-0.2, 0) is 0 Å². The van der Waals surface area contributed by atoms with Gasteiger partial charge in [-0.05, 0) is 62.1 Å². The van der Waals surface area contributed by atoms with Crippen molar-refractivity contribution in [1.82, 2.24) is 0 Å². The van der Waals surface area contributed by atoms with Crippen molar-refractivity contribution in [3.05, 3.63) is 46.5 Å². The van der Waals surface area contributed by atoms with Gasteiger partial charge in [0, 0.05) is 12.8 Å². The van der Waals surface area contributed by atoms with Crippen LogP contribution in [0.25, 0.3) is 0 Å². The van der Waals surface area contributed by atoms with Crippen molar-refractivity contribution in [2.24, 2.45) is 0 Å². The fraction of sp³-hybridized carbons (Fsp3) is 0.364. The van der Waals surface area contributed by atoms with Crippen LogP contribution in [0.5, 0.6) is 23.0 Å². The fourth-order valence-electron chi connectivity index (χ4n) is 3.07. The Labute approximate surface area is 164 Å². The van der Waals surface area contributed by atoms with Gasteiger partial charge in [0.25, 0.3) is 0 Å². The van der Waals surface area contributed by atoms with Crippen LogP contribution in [0.15, 0.2) is 24.3 Å². The van der Waals surface area contributed by atoms with Crippen LogP contribution in [-0.4, -0.2) is 36.0 Å². The zero-order valence-corrected chi connectivity index (χ0v) is 16.7. The number of unbranched alkanes of at least 4 members (excludes halogenated alkanes) is 1. The zero-order chi connectivity index (χ0) is 20.8. The molecule has 0 saturated carbocycles. The summed E-state index contributed by atoms with van der Waals surface area (Å²) in [7, 11) is 3.02. The smallest absolute Gasteiger partial charge is 0.166 e. The molecule has 2 aromatic carbocycles. The van der Waals surface area contributed by atoms with E-state index < -0.39 is 0 Å². The van der Waals surface area contributed by atoms with Crippen molar-refractivity contribution in [3.8, 4) is 23.0 Å². The molecule has 6 heteroatoms. The van der Waals surface area contributed by atoms with Crippen molar-refractivity contribution in [1.29, 1.82) is 0 Å². The number of hydrogen-bond acceptors (Lipinski definition) is 6. The first-order chi connectivity index (χ1) is 13.3. The minimum atomic E-state index is -0.205. The molecule has 0 aliphatic rings. The second-order valence-corrected chi connectivity index (χ2v) is 6.73. The van der Waals surface area contributed by atoms with Crippen molar-refractivity contribution < 1.29 is 29.3 Å². The standard InChI is InChI=1S/C22H26O6/c1-13-9-19(25)15(11-21(13)27-3)17(23)7-5-6-8-18(24)16-12-22(28-4)14(2)10-20(16)26/h9-12,25-26H,5-8H2,1-4H3. The van der Waals surface area contributed by atoms with Crippen LogP contribution in [0.1, 0.15) is 57.5 Å². The minimum absolute atomic E-state index is 0.0731. The Kier molecular flexibility index (Phi) is 7.04. The average molecular weight is 386 g/mol. The molecule has 0 saturated heterocycles. The van der Waals surface area contributed by atoms with Crippen molar-refractivity contribution in [2.75, 3.05) is 14.2 Å². The first kappa shape index (κ1) is 21.3. The zero-order valence-electron chi connectivity index (χ0n) is 16.7. The summed E-state index contributed by atoms with van der Waals surface area (Å²) in [5, 5.41) is 20.0. The van der Waals surface area contributed by atoms with Crippen LogP contribution >= 0.6 is 0 Å². The summed E-state index contributed by atoms with van der Waals surface area (Å²) in [6.07, 6.45) is 1.39. The highest BCUT2D eigenvalue weighted by Crippen LogP contribution is 2.30.